The zero-order chi connectivity index (χ0) is 22.6. The lowest BCUT2D eigenvalue weighted by Crippen LogP contribution is -2.31. The van der Waals surface area contributed by atoms with Gasteiger partial charge in [-0.15, -0.1) is 12.6 Å². The summed E-state index contributed by atoms with van der Waals surface area (Å²) in [5, 5.41) is 9.10. The van der Waals surface area contributed by atoms with Gasteiger partial charge in [0.15, 0.2) is 0 Å². The number of ether oxygens (including phenoxy) is 1. The average Bonchev–Trinajstić information content (AvgIpc) is 2.72. The lowest BCUT2D eigenvalue weighted by atomic mass is 9.95. The lowest BCUT2D eigenvalue weighted by molar-refractivity contribution is -0.148. The van der Waals surface area contributed by atoms with Crippen LogP contribution in [0.25, 0.3) is 11.1 Å². The third-order valence-corrected chi connectivity index (χ3v) is 4.72. The standard InChI is InChI=1S/C21H20F2N4O3S/c1-21(2,19(28)29)11-30-20-24-9-12(10-25-20)15-5-4-14(8-16(15)23)26-27-17-6-3-13(22)7-18(17)31/h3-10,26-27,31H,11H2,1-2H3,(H,28,29). The van der Waals surface area contributed by atoms with Crippen LogP contribution in [0.15, 0.2) is 53.7 Å². The maximum atomic E-state index is 14.6. The van der Waals surface area contributed by atoms with E-state index in [2.05, 4.69) is 33.4 Å². The molecule has 1 aromatic heterocycles. The zero-order valence-electron chi connectivity index (χ0n) is 16.7. The van der Waals surface area contributed by atoms with Gasteiger partial charge in [0.2, 0.25) is 0 Å². The van der Waals surface area contributed by atoms with Crippen molar-refractivity contribution in [1.82, 2.24) is 9.97 Å². The quantitative estimate of drug-likeness (QED) is 0.296. The van der Waals surface area contributed by atoms with Crippen LogP contribution in [0.3, 0.4) is 0 Å². The molecule has 0 radical (unpaired) electrons. The second-order valence-corrected chi connectivity index (χ2v) is 7.82. The van der Waals surface area contributed by atoms with E-state index in [4.69, 9.17) is 9.84 Å². The Labute approximate surface area is 182 Å². The van der Waals surface area contributed by atoms with E-state index in [1.807, 2.05) is 0 Å². The van der Waals surface area contributed by atoms with Gasteiger partial charge in [0.05, 0.1) is 16.8 Å². The molecule has 0 aliphatic rings. The van der Waals surface area contributed by atoms with Crippen molar-refractivity contribution in [2.75, 3.05) is 17.5 Å². The molecule has 0 saturated carbocycles. The smallest absolute Gasteiger partial charge is 0.316 e. The number of nitrogens with zero attached hydrogens (tertiary/aromatic N) is 2. The summed E-state index contributed by atoms with van der Waals surface area (Å²) in [5.74, 6) is -1.92. The molecule has 3 aromatic rings. The average molecular weight is 446 g/mol. The van der Waals surface area contributed by atoms with Crippen LogP contribution in [0.5, 0.6) is 6.01 Å². The van der Waals surface area contributed by atoms with Crippen LogP contribution in [0.2, 0.25) is 0 Å². The fourth-order valence-corrected chi connectivity index (χ4v) is 2.67. The minimum atomic E-state index is -1.09. The number of benzene rings is 2. The summed E-state index contributed by atoms with van der Waals surface area (Å²) in [7, 11) is 0. The molecule has 10 heteroatoms. The zero-order valence-corrected chi connectivity index (χ0v) is 17.6. The van der Waals surface area contributed by atoms with Gasteiger partial charge in [0.1, 0.15) is 18.2 Å². The third-order valence-electron chi connectivity index (χ3n) is 4.35. The summed E-state index contributed by atoms with van der Waals surface area (Å²) in [6, 6.07) is 8.53. The van der Waals surface area contributed by atoms with Crippen molar-refractivity contribution in [3.8, 4) is 17.1 Å². The van der Waals surface area contributed by atoms with E-state index in [1.54, 1.807) is 12.1 Å². The van der Waals surface area contributed by atoms with E-state index in [-0.39, 0.29) is 18.2 Å². The van der Waals surface area contributed by atoms with Crippen molar-refractivity contribution in [2.45, 2.75) is 18.7 Å². The first-order valence-corrected chi connectivity index (χ1v) is 9.59. The van der Waals surface area contributed by atoms with Crippen LogP contribution in [0.4, 0.5) is 20.2 Å². The number of carboxylic acids is 1. The van der Waals surface area contributed by atoms with Crippen molar-refractivity contribution >= 4 is 30.0 Å². The first-order valence-electron chi connectivity index (χ1n) is 9.14. The van der Waals surface area contributed by atoms with Crippen molar-refractivity contribution in [1.29, 1.82) is 0 Å². The Morgan fingerprint density at radius 1 is 1.13 bits per heavy atom. The highest BCUT2D eigenvalue weighted by atomic mass is 32.1. The number of rotatable bonds is 8. The number of aliphatic carboxylic acids is 1. The molecule has 0 atom stereocenters. The van der Waals surface area contributed by atoms with Gasteiger partial charge in [0.25, 0.3) is 0 Å². The van der Waals surface area contributed by atoms with Crippen LogP contribution >= 0.6 is 12.6 Å². The monoisotopic (exact) mass is 446 g/mol. The molecule has 3 rings (SSSR count). The van der Waals surface area contributed by atoms with Crippen LogP contribution in [0, 0.1) is 17.0 Å². The molecule has 0 spiro atoms. The van der Waals surface area contributed by atoms with Crippen LogP contribution in [0.1, 0.15) is 13.8 Å². The van der Waals surface area contributed by atoms with Gasteiger partial charge in [-0.25, -0.2) is 18.7 Å². The molecule has 0 bridgehead atoms. The number of aromatic nitrogens is 2. The van der Waals surface area contributed by atoms with Gasteiger partial charge in [-0.05, 0) is 50.2 Å². The summed E-state index contributed by atoms with van der Waals surface area (Å²) < 4.78 is 33.1. The predicted molar refractivity (Wildman–Crippen MR) is 115 cm³/mol. The highest BCUT2D eigenvalue weighted by Crippen LogP contribution is 2.26. The summed E-state index contributed by atoms with van der Waals surface area (Å²) in [4.78, 5) is 19.5. The van der Waals surface area contributed by atoms with Crippen molar-refractivity contribution in [2.24, 2.45) is 5.41 Å². The van der Waals surface area contributed by atoms with Crippen molar-refractivity contribution < 1.29 is 23.4 Å². The van der Waals surface area contributed by atoms with E-state index in [0.717, 1.165) is 0 Å². The predicted octanol–water partition coefficient (Wildman–Crippen LogP) is 4.64. The molecule has 0 amide bonds. The lowest BCUT2D eigenvalue weighted by Gasteiger charge is -2.18. The van der Waals surface area contributed by atoms with Crippen molar-refractivity contribution in [3.05, 3.63) is 60.4 Å². The number of anilines is 2. The first-order chi connectivity index (χ1) is 14.7. The molecule has 2 aromatic carbocycles. The topological polar surface area (TPSA) is 96.4 Å². The maximum Gasteiger partial charge on any atom is 0.316 e. The minimum Gasteiger partial charge on any atom is -0.481 e. The first kappa shape index (κ1) is 22.3. The van der Waals surface area contributed by atoms with Crippen LogP contribution in [-0.4, -0.2) is 27.7 Å². The molecule has 0 fully saturated rings. The highest BCUT2D eigenvalue weighted by Gasteiger charge is 2.28. The Bertz CT molecular complexity index is 1090. The van der Waals surface area contributed by atoms with Crippen molar-refractivity contribution in [3.63, 3.8) is 0 Å². The fraction of sp³-hybridized carbons (Fsp3) is 0.190. The Kier molecular flexibility index (Phi) is 6.59. The Morgan fingerprint density at radius 2 is 1.84 bits per heavy atom. The maximum absolute atomic E-state index is 14.6. The van der Waals surface area contributed by atoms with Gasteiger partial charge >= 0.3 is 12.0 Å². The molecule has 1 heterocycles. The normalized spacial score (nSPS) is 11.1. The van der Waals surface area contributed by atoms with E-state index in [1.165, 1.54) is 50.5 Å². The van der Waals surface area contributed by atoms with Gasteiger partial charge in [0, 0.05) is 28.4 Å². The number of hydrogen-bond acceptors (Lipinski definition) is 7. The number of carboxylic acid groups (broad SMARTS) is 1. The largest absolute Gasteiger partial charge is 0.481 e. The summed E-state index contributed by atoms with van der Waals surface area (Å²) in [6.45, 7) is 2.94. The number of carbonyl (C=O) groups is 1. The van der Waals surface area contributed by atoms with Gasteiger partial charge < -0.3 is 15.3 Å². The van der Waals surface area contributed by atoms with E-state index in [0.29, 0.717) is 21.8 Å². The molecular weight excluding hydrogens is 426 g/mol. The second-order valence-electron chi connectivity index (χ2n) is 7.34. The second kappa shape index (κ2) is 9.17. The highest BCUT2D eigenvalue weighted by molar-refractivity contribution is 7.80. The molecule has 3 N–H and O–H groups in total. The molecule has 162 valence electrons. The SMILES string of the molecule is CC(C)(COc1ncc(-c2ccc(NNc3ccc(F)cc3S)cc2F)cn1)C(=O)O. The number of thiol groups is 1. The van der Waals surface area contributed by atoms with Crippen LogP contribution < -0.4 is 15.6 Å². The van der Waals surface area contributed by atoms with Gasteiger partial charge in [-0.3, -0.25) is 10.2 Å². The molecular formula is C21H20F2N4O3S. The fourth-order valence-electron chi connectivity index (χ4n) is 2.41. The summed E-state index contributed by atoms with van der Waals surface area (Å²) in [5.41, 5.74) is 6.26. The molecule has 7 nitrogen and oxygen atoms in total. The molecule has 0 aliphatic heterocycles. The summed E-state index contributed by atoms with van der Waals surface area (Å²) >= 11 is 4.18. The Morgan fingerprint density at radius 3 is 2.45 bits per heavy atom. The number of hydrogen-bond donors (Lipinski definition) is 4. The van der Waals surface area contributed by atoms with E-state index >= 15 is 0 Å². The molecule has 0 saturated heterocycles. The number of hydrazine groups is 1. The summed E-state index contributed by atoms with van der Waals surface area (Å²) in [6.07, 6.45) is 2.79. The van der Waals surface area contributed by atoms with E-state index < -0.39 is 23.0 Å². The van der Waals surface area contributed by atoms with E-state index in [9.17, 15) is 13.6 Å². The number of nitrogens with one attached hydrogen (secondary N) is 2. The van der Waals surface area contributed by atoms with Gasteiger partial charge in [-0.1, -0.05) is 0 Å². The van der Waals surface area contributed by atoms with Gasteiger partial charge in [-0.2, -0.15) is 0 Å². The number of halogens is 2. The molecule has 0 unspecified atom stereocenters. The van der Waals surface area contributed by atoms with Crippen LogP contribution in [-0.2, 0) is 4.79 Å². The molecule has 31 heavy (non-hydrogen) atoms. The third kappa shape index (κ3) is 5.60. The Balaban J connectivity index is 1.66. The Hall–Kier alpha value is -3.40. The minimum absolute atomic E-state index is 0.00262. The molecule has 0 aliphatic carbocycles.